The zero-order chi connectivity index (χ0) is 18.5. The number of hydrogen-bond donors (Lipinski definition) is 1. The van der Waals surface area contributed by atoms with E-state index in [1.165, 1.54) is 17.0 Å². The summed E-state index contributed by atoms with van der Waals surface area (Å²) in [5, 5.41) is 2.49. The van der Waals surface area contributed by atoms with Crippen molar-refractivity contribution in [2.24, 2.45) is 0 Å². The van der Waals surface area contributed by atoms with Gasteiger partial charge in [0.1, 0.15) is 18.1 Å². The summed E-state index contributed by atoms with van der Waals surface area (Å²) in [5.41, 5.74) is 0.850. The molecule has 1 heterocycles. The van der Waals surface area contributed by atoms with Crippen molar-refractivity contribution in [2.45, 2.75) is 6.92 Å². The predicted octanol–water partition coefficient (Wildman–Crippen LogP) is 3.11. The Kier molecular flexibility index (Phi) is 5.36. The third kappa shape index (κ3) is 3.93. The first-order valence-corrected chi connectivity index (χ1v) is 8.42. The lowest BCUT2D eigenvalue weighted by Crippen LogP contribution is -2.37. The van der Waals surface area contributed by atoms with Crippen LogP contribution >= 0.6 is 0 Å². The van der Waals surface area contributed by atoms with Crippen LogP contribution in [0.15, 0.2) is 48.5 Å². The number of halogens is 1. The van der Waals surface area contributed by atoms with Crippen LogP contribution in [0, 0.1) is 5.82 Å². The lowest BCUT2D eigenvalue weighted by atomic mass is 10.3. The van der Waals surface area contributed by atoms with Crippen molar-refractivity contribution in [1.29, 1.82) is 0 Å². The number of nitrogens with one attached hydrogen (secondary N) is 1. The number of hydrogen-bond acceptors (Lipinski definition) is 3. The summed E-state index contributed by atoms with van der Waals surface area (Å²) >= 11 is 0. The zero-order valence-electron chi connectivity index (χ0n) is 14.4. The van der Waals surface area contributed by atoms with Gasteiger partial charge in [0, 0.05) is 18.8 Å². The minimum atomic E-state index is -0.510. The molecule has 0 aromatic heterocycles. The van der Waals surface area contributed by atoms with Crippen molar-refractivity contribution in [3.63, 3.8) is 0 Å². The zero-order valence-corrected chi connectivity index (χ0v) is 14.4. The highest BCUT2D eigenvalue weighted by molar-refractivity contribution is 5.99. The summed E-state index contributed by atoms with van der Waals surface area (Å²) in [6.07, 6.45) is 0. The molecule has 3 rings (SSSR count). The van der Waals surface area contributed by atoms with Crippen LogP contribution < -0.4 is 15.0 Å². The maximum absolute atomic E-state index is 13.6. The van der Waals surface area contributed by atoms with Crippen LogP contribution in [0.4, 0.5) is 20.6 Å². The molecule has 136 valence electrons. The van der Waals surface area contributed by atoms with Crippen molar-refractivity contribution in [2.75, 3.05) is 36.5 Å². The second-order valence-corrected chi connectivity index (χ2v) is 5.81. The van der Waals surface area contributed by atoms with E-state index in [0.717, 1.165) is 11.4 Å². The molecule has 0 spiro atoms. The Morgan fingerprint density at radius 2 is 1.88 bits per heavy atom. The summed E-state index contributed by atoms with van der Waals surface area (Å²) in [4.78, 5) is 27.7. The Hall–Kier alpha value is -3.09. The number of nitrogens with zero attached hydrogens (tertiary/aromatic N) is 2. The van der Waals surface area contributed by atoms with Crippen LogP contribution in [-0.2, 0) is 4.79 Å². The number of benzene rings is 2. The molecule has 1 saturated heterocycles. The third-order valence-electron chi connectivity index (χ3n) is 4.04. The van der Waals surface area contributed by atoms with Gasteiger partial charge in [-0.05, 0) is 43.3 Å². The molecule has 2 aromatic rings. The summed E-state index contributed by atoms with van der Waals surface area (Å²) in [6, 6.07) is 12.9. The monoisotopic (exact) mass is 357 g/mol. The molecule has 1 aliphatic heterocycles. The number of urea groups is 1. The second-order valence-electron chi connectivity index (χ2n) is 5.81. The minimum absolute atomic E-state index is 0.104. The van der Waals surface area contributed by atoms with Crippen molar-refractivity contribution in [3.05, 3.63) is 54.3 Å². The molecule has 26 heavy (non-hydrogen) atoms. The Morgan fingerprint density at radius 1 is 1.15 bits per heavy atom. The van der Waals surface area contributed by atoms with E-state index in [4.69, 9.17) is 4.74 Å². The first-order chi connectivity index (χ1) is 12.6. The number of para-hydroxylation sites is 1. The third-order valence-corrected chi connectivity index (χ3v) is 4.04. The van der Waals surface area contributed by atoms with Crippen LogP contribution in [0.2, 0.25) is 0 Å². The van der Waals surface area contributed by atoms with E-state index < -0.39 is 11.7 Å². The van der Waals surface area contributed by atoms with E-state index >= 15 is 0 Å². The normalized spacial score (nSPS) is 13.8. The standard InChI is InChI=1S/C19H20FN3O3/c1-2-26-15-9-7-14(8-10-15)23-12-11-22(19(23)25)13-18(24)21-17-6-4-3-5-16(17)20/h3-10H,2,11-13H2,1H3,(H,21,24). The number of ether oxygens (including phenoxy) is 1. The van der Waals surface area contributed by atoms with Crippen LogP contribution in [0.25, 0.3) is 0 Å². The van der Waals surface area contributed by atoms with Crippen LogP contribution in [0.1, 0.15) is 6.92 Å². The van der Waals surface area contributed by atoms with E-state index in [9.17, 15) is 14.0 Å². The van der Waals surface area contributed by atoms with Gasteiger partial charge in [-0.2, -0.15) is 0 Å². The quantitative estimate of drug-likeness (QED) is 0.864. The summed E-state index contributed by atoms with van der Waals surface area (Å²) in [6.45, 7) is 3.27. The minimum Gasteiger partial charge on any atom is -0.494 e. The van der Waals surface area contributed by atoms with E-state index in [1.807, 2.05) is 19.1 Å². The van der Waals surface area contributed by atoms with Gasteiger partial charge < -0.3 is 15.0 Å². The Morgan fingerprint density at radius 3 is 2.58 bits per heavy atom. The fourth-order valence-electron chi connectivity index (χ4n) is 2.78. The molecule has 3 amide bonds. The molecule has 0 unspecified atom stereocenters. The molecule has 0 aliphatic carbocycles. The van der Waals surface area contributed by atoms with E-state index in [2.05, 4.69) is 5.32 Å². The number of rotatable bonds is 6. The number of amides is 3. The highest BCUT2D eigenvalue weighted by Crippen LogP contribution is 2.23. The predicted molar refractivity (Wildman–Crippen MR) is 97.0 cm³/mol. The number of carbonyl (C=O) groups is 2. The highest BCUT2D eigenvalue weighted by Gasteiger charge is 2.30. The topological polar surface area (TPSA) is 61.9 Å². The number of carbonyl (C=O) groups excluding carboxylic acids is 2. The van der Waals surface area contributed by atoms with E-state index in [0.29, 0.717) is 19.7 Å². The van der Waals surface area contributed by atoms with E-state index in [-0.39, 0.29) is 18.3 Å². The molecular weight excluding hydrogens is 337 g/mol. The molecule has 7 heteroatoms. The van der Waals surface area contributed by atoms with Gasteiger partial charge in [-0.15, -0.1) is 0 Å². The SMILES string of the molecule is CCOc1ccc(N2CCN(CC(=O)Nc3ccccc3F)C2=O)cc1. The summed E-state index contributed by atoms with van der Waals surface area (Å²) in [7, 11) is 0. The molecule has 0 atom stereocenters. The van der Waals surface area contributed by atoms with Crippen LogP contribution in [0.3, 0.4) is 0 Å². The lowest BCUT2D eigenvalue weighted by Gasteiger charge is -2.19. The molecule has 0 saturated carbocycles. The lowest BCUT2D eigenvalue weighted by molar-refractivity contribution is -0.116. The van der Waals surface area contributed by atoms with Crippen molar-refractivity contribution >= 4 is 23.3 Å². The second kappa shape index (κ2) is 7.86. The average Bonchev–Trinajstić information content (AvgIpc) is 2.98. The van der Waals surface area contributed by atoms with Gasteiger partial charge in [0.05, 0.1) is 12.3 Å². The first-order valence-electron chi connectivity index (χ1n) is 8.42. The highest BCUT2D eigenvalue weighted by atomic mass is 19.1. The van der Waals surface area contributed by atoms with Gasteiger partial charge in [0.2, 0.25) is 5.91 Å². The molecule has 1 fully saturated rings. The van der Waals surface area contributed by atoms with Gasteiger partial charge >= 0.3 is 6.03 Å². The smallest absolute Gasteiger partial charge is 0.325 e. The maximum atomic E-state index is 13.6. The van der Waals surface area contributed by atoms with E-state index in [1.54, 1.807) is 29.2 Å². The van der Waals surface area contributed by atoms with Crippen LogP contribution in [-0.4, -0.2) is 43.1 Å². The summed E-state index contributed by atoms with van der Waals surface area (Å²) in [5.74, 6) is -0.203. The van der Waals surface area contributed by atoms with Gasteiger partial charge in [-0.1, -0.05) is 12.1 Å². The Balaban J connectivity index is 1.60. The molecule has 1 N–H and O–H groups in total. The molecule has 1 aliphatic rings. The largest absolute Gasteiger partial charge is 0.494 e. The fourth-order valence-corrected chi connectivity index (χ4v) is 2.78. The fraction of sp³-hybridized carbons (Fsp3) is 0.263. The van der Waals surface area contributed by atoms with Gasteiger partial charge in [-0.3, -0.25) is 9.69 Å². The average molecular weight is 357 g/mol. The molecule has 0 radical (unpaired) electrons. The van der Waals surface area contributed by atoms with Gasteiger partial charge in [0.15, 0.2) is 0 Å². The van der Waals surface area contributed by atoms with Gasteiger partial charge in [0.25, 0.3) is 0 Å². The Bertz CT molecular complexity index is 795. The van der Waals surface area contributed by atoms with Crippen molar-refractivity contribution in [1.82, 2.24) is 4.90 Å². The van der Waals surface area contributed by atoms with Crippen molar-refractivity contribution < 1.29 is 18.7 Å². The summed E-state index contributed by atoms with van der Waals surface area (Å²) < 4.78 is 19.0. The first kappa shape index (κ1) is 17.7. The van der Waals surface area contributed by atoms with Crippen LogP contribution in [0.5, 0.6) is 5.75 Å². The Labute approximate surface area is 151 Å². The van der Waals surface area contributed by atoms with Gasteiger partial charge in [-0.25, -0.2) is 9.18 Å². The number of anilines is 2. The van der Waals surface area contributed by atoms with Crippen molar-refractivity contribution in [3.8, 4) is 5.75 Å². The molecule has 6 nitrogen and oxygen atoms in total. The molecule has 2 aromatic carbocycles. The maximum Gasteiger partial charge on any atom is 0.325 e. The molecular formula is C19H20FN3O3. The molecule has 0 bridgehead atoms.